The van der Waals surface area contributed by atoms with Crippen LogP contribution in [0.4, 0.5) is 0 Å². The lowest BCUT2D eigenvalue weighted by molar-refractivity contribution is 0.0712. The minimum absolute atomic E-state index is 0.0833. The van der Waals surface area contributed by atoms with E-state index in [4.69, 9.17) is 6.42 Å². The van der Waals surface area contributed by atoms with E-state index in [1.807, 2.05) is 61.2 Å². The highest BCUT2D eigenvalue weighted by molar-refractivity contribution is 5.96. The molecule has 2 aromatic carbocycles. The number of piperidine rings is 1. The molecule has 4 rings (SSSR count). The van der Waals surface area contributed by atoms with Gasteiger partial charge in [0.25, 0.3) is 5.91 Å². The number of terminal acetylenes is 1. The van der Waals surface area contributed by atoms with Crippen molar-refractivity contribution in [2.24, 2.45) is 5.92 Å². The number of hydrogen-bond donors (Lipinski definition) is 0. The molecule has 184 valence electrons. The second kappa shape index (κ2) is 11.4. The molecule has 0 atom stereocenters. The monoisotopic (exact) mass is 478 g/mol. The van der Waals surface area contributed by atoms with Gasteiger partial charge in [0.2, 0.25) is 0 Å². The number of hydrogen-bond acceptors (Lipinski definition) is 3. The number of ketones is 1. The Labute approximate surface area is 214 Å². The summed E-state index contributed by atoms with van der Waals surface area (Å²) < 4.78 is 0. The second-order valence-corrected chi connectivity index (χ2v) is 10.2. The summed E-state index contributed by atoms with van der Waals surface area (Å²) in [4.78, 5) is 32.1. The van der Waals surface area contributed by atoms with Crippen LogP contribution in [0.5, 0.6) is 0 Å². The quantitative estimate of drug-likeness (QED) is 0.300. The molecule has 0 saturated carbocycles. The van der Waals surface area contributed by atoms with Crippen LogP contribution < -0.4 is 0 Å². The number of aromatic nitrogens is 1. The lowest BCUT2D eigenvalue weighted by Crippen LogP contribution is -2.38. The molecular formula is C32H34N2O2. The first-order chi connectivity index (χ1) is 17.3. The van der Waals surface area contributed by atoms with Gasteiger partial charge in [0.05, 0.1) is 0 Å². The topological polar surface area (TPSA) is 50.3 Å². The van der Waals surface area contributed by atoms with Gasteiger partial charge >= 0.3 is 0 Å². The highest BCUT2D eigenvalue weighted by Gasteiger charge is 2.25. The average molecular weight is 479 g/mol. The molecule has 0 unspecified atom stereocenters. The molecule has 36 heavy (non-hydrogen) atoms. The molecule has 1 aliphatic heterocycles. The van der Waals surface area contributed by atoms with Crippen LogP contribution in [0, 0.1) is 25.2 Å². The van der Waals surface area contributed by atoms with Crippen molar-refractivity contribution in [1.82, 2.24) is 9.88 Å². The molecule has 0 aliphatic carbocycles. The minimum Gasteiger partial charge on any atom is -0.339 e. The smallest absolute Gasteiger partial charge is 0.253 e. The van der Waals surface area contributed by atoms with E-state index in [1.165, 1.54) is 5.56 Å². The summed E-state index contributed by atoms with van der Waals surface area (Å²) in [6, 6.07) is 17.9. The van der Waals surface area contributed by atoms with Crippen molar-refractivity contribution in [3.8, 4) is 12.3 Å². The fraction of sp³-hybridized carbons (Fsp3) is 0.344. The van der Waals surface area contributed by atoms with Crippen molar-refractivity contribution in [2.45, 2.75) is 52.4 Å². The fourth-order valence-electron chi connectivity index (χ4n) is 4.82. The van der Waals surface area contributed by atoms with Gasteiger partial charge in [-0.15, -0.1) is 6.42 Å². The Balaban J connectivity index is 1.40. The molecule has 2 heterocycles. The number of aryl methyl sites for hydroxylation is 1. The van der Waals surface area contributed by atoms with Crippen molar-refractivity contribution in [2.75, 3.05) is 13.1 Å². The summed E-state index contributed by atoms with van der Waals surface area (Å²) in [6.45, 7) is 7.63. The Morgan fingerprint density at radius 1 is 1.03 bits per heavy atom. The van der Waals surface area contributed by atoms with Crippen molar-refractivity contribution in [1.29, 1.82) is 0 Å². The molecule has 0 spiro atoms. The first-order valence-corrected chi connectivity index (χ1v) is 12.8. The standard InChI is InChI=1S/C32H34N2O2/c1-5-24-7-10-25(11-8-24)26-14-16-34(17-15-26)32(36)27-9-6-23(4)29(19-27)20-30-13-12-28(21-33-30)31(35)18-22(2)3/h1,6-13,19,21-22,26H,14-18,20H2,2-4H3. The Morgan fingerprint density at radius 2 is 1.72 bits per heavy atom. The Hall–Kier alpha value is -3.71. The lowest BCUT2D eigenvalue weighted by Gasteiger charge is -2.32. The van der Waals surface area contributed by atoms with Crippen molar-refractivity contribution < 1.29 is 9.59 Å². The molecule has 1 amide bonds. The van der Waals surface area contributed by atoms with Gasteiger partial charge in [0, 0.05) is 54.5 Å². The van der Waals surface area contributed by atoms with E-state index in [-0.39, 0.29) is 11.7 Å². The highest BCUT2D eigenvalue weighted by atomic mass is 16.2. The number of nitrogens with zero attached hydrogens (tertiary/aromatic N) is 2. The molecule has 1 fully saturated rings. The maximum atomic E-state index is 13.3. The molecule has 0 N–H and O–H groups in total. The third-order valence-corrected chi connectivity index (χ3v) is 7.04. The third kappa shape index (κ3) is 6.10. The molecule has 4 nitrogen and oxygen atoms in total. The number of rotatable bonds is 7. The summed E-state index contributed by atoms with van der Waals surface area (Å²) >= 11 is 0. The third-order valence-electron chi connectivity index (χ3n) is 7.04. The Bertz CT molecular complexity index is 1260. The van der Waals surface area contributed by atoms with Gasteiger partial charge in [0.1, 0.15) is 0 Å². The van der Waals surface area contributed by atoms with E-state index < -0.39 is 0 Å². The van der Waals surface area contributed by atoms with Gasteiger partial charge in [-0.25, -0.2) is 0 Å². The number of likely N-dealkylation sites (tertiary alicyclic amines) is 1. The van der Waals surface area contributed by atoms with Crippen LogP contribution in [0.1, 0.15) is 87.7 Å². The predicted molar refractivity (Wildman–Crippen MR) is 144 cm³/mol. The maximum Gasteiger partial charge on any atom is 0.253 e. The lowest BCUT2D eigenvalue weighted by atomic mass is 9.88. The SMILES string of the molecule is C#Cc1ccc(C2CCN(C(=O)c3ccc(C)c(Cc4ccc(C(=O)CC(C)C)cn4)c3)CC2)cc1. The largest absolute Gasteiger partial charge is 0.339 e. The van der Waals surface area contributed by atoms with Crippen LogP contribution in [0.25, 0.3) is 0 Å². The van der Waals surface area contributed by atoms with Crippen LogP contribution >= 0.6 is 0 Å². The van der Waals surface area contributed by atoms with E-state index in [9.17, 15) is 9.59 Å². The zero-order valence-electron chi connectivity index (χ0n) is 21.5. The molecule has 1 aliphatic rings. The number of pyridine rings is 1. The summed E-state index contributed by atoms with van der Waals surface area (Å²) in [5, 5.41) is 0. The molecule has 0 bridgehead atoms. The summed E-state index contributed by atoms with van der Waals surface area (Å²) in [7, 11) is 0. The second-order valence-electron chi connectivity index (χ2n) is 10.2. The summed E-state index contributed by atoms with van der Waals surface area (Å²) in [5.74, 6) is 3.65. The number of benzene rings is 2. The zero-order valence-corrected chi connectivity index (χ0v) is 21.5. The number of carbonyl (C=O) groups excluding carboxylic acids is 2. The van der Waals surface area contributed by atoms with Crippen molar-refractivity contribution >= 4 is 11.7 Å². The van der Waals surface area contributed by atoms with Gasteiger partial charge in [-0.1, -0.05) is 38.0 Å². The van der Waals surface area contributed by atoms with Gasteiger partial charge in [-0.3, -0.25) is 14.6 Å². The van der Waals surface area contributed by atoms with Gasteiger partial charge in [0.15, 0.2) is 5.78 Å². The van der Waals surface area contributed by atoms with Crippen LogP contribution in [-0.4, -0.2) is 34.7 Å². The normalized spacial score (nSPS) is 14.0. The van der Waals surface area contributed by atoms with Crippen LogP contribution in [-0.2, 0) is 6.42 Å². The molecule has 4 heteroatoms. The Kier molecular flexibility index (Phi) is 8.00. The van der Waals surface area contributed by atoms with E-state index in [1.54, 1.807) is 6.20 Å². The predicted octanol–water partition coefficient (Wildman–Crippen LogP) is 6.21. The summed E-state index contributed by atoms with van der Waals surface area (Å²) in [5.41, 5.74) is 6.66. The minimum atomic E-state index is 0.0833. The van der Waals surface area contributed by atoms with E-state index in [2.05, 4.69) is 30.0 Å². The molecule has 0 radical (unpaired) electrons. The average Bonchev–Trinajstić information content (AvgIpc) is 2.89. The molecule has 3 aromatic rings. The van der Waals surface area contributed by atoms with Crippen LogP contribution in [0.2, 0.25) is 0 Å². The van der Waals surface area contributed by atoms with E-state index in [0.29, 0.717) is 30.2 Å². The fourth-order valence-corrected chi connectivity index (χ4v) is 4.82. The molecular weight excluding hydrogens is 444 g/mol. The van der Waals surface area contributed by atoms with Crippen LogP contribution in [0.15, 0.2) is 60.8 Å². The number of amides is 1. The molecule has 1 aromatic heterocycles. The zero-order chi connectivity index (χ0) is 25.7. The first-order valence-electron chi connectivity index (χ1n) is 12.8. The number of Topliss-reactive ketones (excluding diaryl/α,β-unsaturated/α-hetero) is 1. The van der Waals surface area contributed by atoms with Crippen LogP contribution in [0.3, 0.4) is 0 Å². The number of carbonyl (C=O) groups is 2. The first kappa shape index (κ1) is 25.4. The van der Waals surface area contributed by atoms with Crippen molar-refractivity contribution in [3.63, 3.8) is 0 Å². The van der Waals surface area contributed by atoms with Gasteiger partial charge in [-0.2, -0.15) is 0 Å². The van der Waals surface area contributed by atoms with Gasteiger partial charge < -0.3 is 4.90 Å². The highest BCUT2D eigenvalue weighted by Crippen LogP contribution is 2.29. The van der Waals surface area contributed by atoms with E-state index >= 15 is 0 Å². The molecule has 1 saturated heterocycles. The van der Waals surface area contributed by atoms with E-state index in [0.717, 1.165) is 53.9 Å². The maximum absolute atomic E-state index is 13.3. The van der Waals surface area contributed by atoms with Gasteiger partial charge in [-0.05, 0) is 84.7 Å². The Morgan fingerprint density at radius 3 is 2.33 bits per heavy atom. The van der Waals surface area contributed by atoms with Crippen molar-refractivity contribution in [3.05, 3.63) is 99.9 Å². The summed E-state index contributed by atoms with van der Waals surface area (Å²) in [6.07, 6.45) is 10.2.